The van der Waals surface area contributed by atoms with Crippen molar-refractivity contribution in [3.05, 3.63) is 68.7 Å². The number of amides is 4. The SMILES string of the molecule is CN1C(=O)c2ccc3c4c(Cl)cc5c6c(ccc(c7c(Cl)cc(c2c37)C1=O)c64)C(=O)N(C)C5=O. The molecule has 0 aliphatic carbocycles. The van der Waals surface area contributed by atoms with Gasteiger partial charge in [0.25, 0.3) is 23.6 Å². The fourth-order valence-corrected chi connectivity index (χ4v) is 6.22. The van der Waals surface area contributed by atoms with E-state index in [1.165, 1.54) is 14.1 Å². The molecule has 0 aromatic heterocycles. The lowest BCUT2D eigenvalue weighted by Crippen LogP contribution is -2.37. The van der Waals surface area contributed by atoms with Crippen LogP contribution in [0.3, 0.4) is 0 Å². The van der Waals surface area contributed by atoms with E-state index in [-0.39, 0.29) is 0 Å². The Labute approximate surface area is 201 Å². The first-order valence-corrected chi connectivity index (χ1v) is 11.2. The summed E-state index contributed by atoms with van der Waals surface area (Å²) in [6.45, 7) is 0. The second-order valence-corrected chi connectivity index (χ2v) is 9.54. The molecule has 8 heteroatoms. The summed E-state index contributed by atoms with van der Waals surface area (Å²) in [5, 5.41) is 5.76. The molecule has 0 fully saturated rings. The molecule has 4 amide bonds. The van der Waals surface area contributed by atoms with E-state index in [2.05, 4.69) is 0 Å². The van der Waals surface area contributed by atoms with Gasteiger partial charge in [-0.3, -0.25) is 29.0 Å². The molecule has 0 saturated carbocycles. The molecule has 0 bridgehead atoms. The number of nitrogens with zero attached hydrogens (tertiary/aromatic N) is 2. The summed E-state index contributed by atoms with van der Waals surface area (Å²) >= 11 is 13.6. The summed E-state index contributed by atoms with van der Waals surface area (Å²) in [4.78, 5) is 54.0. The first-order valence-electron chi connectivity index (χ1n) is 10.5. The van der Waals surface area contributed by atoms with Crippen molar-refractivity contribution in [3.8, 4) is 0 Å². The van der Waals surface area contributed by atoms with E-state index in [1.54, 1.807) is 36.4 Å². The van der Waals surface area contributed by atoms with Gasteiger partial charge in [-0.15, -0.1) is 0 Å². The Morgan fingerprint density at radius 2 is 0.853 bits per heavy atom. The highest BCUT2D eigenvalue weighted by molar-refractivity contribution is 6.50. The highest BCUT2D eigenvalue weighted by Crippen LogP contribution is 2.50. The number of imide groups is 2. The zero-order valence-electron chi connectivity index (χ0n) is 17.7. The molecule has 0 spiro atoms. The van der Waals surface area contributed by atoms with E-state index in [1.807, 2.05) is 0 Å². The maximum absolute atomic E-state index is 13.0. The lowest BCUT2D eigenvalue weighted by atomic mass is 9.82. The smallest absolute Gasteiger partial charge is 0.261 e. The van der Waals surface area contributed by atoms with Crippen molar-refractivity contribution < 1.29 is 19.2 Å². The van der Waals surface area contributed by atoms with E-state index in [0.717, 1.165) is 9.80 Å². The van der Waals surface area contributed by atoms with Crippen LogP contribution in [0.25, 0.3) is 43.1 Å². The zero-order valence-corrected chi connectivity index (χ0v) is 19.3. The summed E-state index contributed by atoms with van der Waals surface area (Å²) in [5.74, 6) is -1.63. The van der Waals surface area contributed by atoms with Gasteiger partial charge < -0.3 is 0 Å². The van der Waals surface area contributed by atoms with Gasteiger partial charge in [0.1, 0.15) is 0 Å². The third-order valence-corrected chi connectivity index (χ3v) is 7.74. The molecule has 2 aliphatic heterocycles. The molecule has 2 aliphatic rings. The van der Waals surface area contributed by atoms with Gasteiger partial charge in [-0.2, -0.15) is 0 Å². The van der Waals surface area contributed by atoms with E-state index >= 15 is 0 Å². The van der Waals surface area contributed by atoms with Crippen LogP contribution in [-0.2, 0) is 0 Å². The average Bonchev–Trinajstić information content (AvgIpc) is 2.83. The first kappa shape index (κ1) is 19.7. The summed E-state index contributed by atoms with van der Waals surface area (Å²) in [5.41, 5.74) is 1.51. The Balaban J connectivity index is 1.83. The van der Waals surface area contributed by atoms with Crippen molar-refractivity contribution >= 4 is 89.9 Å². The molecule has 0 radical (unpaired) electrons. The summed E-state index contributed by atoms with van der Waals surface area (Å²) in [7, 11) is 2.89. The number of benzene rings is 5. The minimum atomic E-state index is -0.426. The molecule has 0 atom stereocenters. The van der Waals surface area contributed by atoms with Gasteiger partial charge in [0.15, 0.2) is 0 Å². The third-order valence-electron chi connectivity index (χ3n) is 7.15. The topological polar surface area (TPSA) is 74.8 Å². The molecule has 0 unspecified atom stereocenters. The maximum Gasteiger partial charge on any atom is 0.261 e. The molecular formula is C26H12Cl2N2O4. The van der Waals surface area contributed by atoms with Gasteiger partial charge in [-0.05, 0) is 35.0 Å². The Bertz CT molecular complexity index is 1750. The highest BCUT2D eigenvalue weighted by Gasteiger charge is 2.36. The largest absolute Gasteiger partial charge is 0.277 e. The van der Waals surface area contributed by atoms with Crippen LogP contribution in [0.1, 0.15) is 41.4 Å². The number of hydrogen-bond donors (Lipinski definition) is 0. The summed E-state index contributed by atoms with van der Waals surface area (Å²) in [6, 6.07) is 10.1. The Kier molecular flexibility index (Phi) is 3.49. The predicted octanol–water partition coefficient (Wildman–Crippen LogP) is 5.50. The molecule has 5 aromatic rings. The molecule has 7 rings (SSSR count). The van der Waals surface area contributed by atoms with Crippen molar-refractivity contribution in [2.24, 2.45) is 0 Å². The van der Waals surface area contributed by atoms with Crippen LogP contribution in [0.2, 0.25) is 10.0 Å². The first-order chi connectivity index (χ1) is 16.2. The van der Waals surface area contributed by atoms with Crippen LogP contribution in [0.4, 0.5) is 0 Å². The predicted molar refractivity (Wildman–Crippen MR) is 131 cm³/mol. The van der Waals surface area contributed by atoms with Gasteiger partial charge >= 0.3 is 0 Å². The highest BCUT2D eigenvalue weighted by atomic mass is 35.5. The molecule has 164 valence electrons. The fraction of sp³-hybridized carbons (Fsp3) is 0.0769. The molecular weight excluding hydrogens is 475 g/mol. The van der Waals surface area contributed by atoms with Crippen molar-refractivity contribution in [3.63, 3.8) is 0 Å². The molecule has 2 heterocycles. The minimum Gasteiger partial charge on any atom is -0.277 e. The Hall–Kier alpha value is -3.74. The van der Waals surface area contributed by atoms with Crippen LogP contribution < -0.4 is 0 Å². The number of fused-ring (bicyclic) bond motifs is 2. The summed E-state index contributed by atoms with van der Waals surface area (Å²) < 4.78 is 0. The van der Waals surface area contributed by atoms with Crippen LogP contribution in [0, 0.1) is 0 Å². The van der Waals surface area contributed by atoms with Crippen molar-refractivity contribution in [2.45, 2.75) is 0 Å². The number of carbonyl (C=O) groups is 4. The van der Waals surface area contributed by atoms with Crippen LogP contribution >= 0.6 is 23.2 Å². The van der Waals surface area contributed by atoms with Gasteiger partial charge in [-0.1, -0.05) is 35.3 Å². The Morgan fingerprint density at radius 1 is 0.500 bits per heavy atom. The van der Waals surface area contributed by atoms with Crippen molar-refractivity contribution in [1.29, 1.82) is 0 Å². The molecule has 34 heavy (non-hydrogen) atoms. The number of rotatable bonds is 0. The molecule has 6 nitrogen and oxygen atoms in total. The van der Waals surface area contributed by atoms with Crippen molar-refractivity contribution in [1.82, 2.24) is 9.80 Å². The molecule has 5 aromatic carbocycles. The van der Waals surface area contributed by atoms with Crippen LogP contribution in [0.5, 0.6) is 0 Å². The van der Waals surface area contributed by atoms with Gasteiger partial charge in [0.05, 0.1) is 11.1 Å². The van der Waals surface area contributed by atoms with Gasteiger partial charge in [0.2, 0.25) is 0 Å². The van der Waals surface area contributed by atoms with E-state index < -0.39 is 23.6 Å². The normalized spacial score (nSPS) is 15.8. The molecule has 0 saturated heterocycles. The van der Waals surface area contributed by atoms with Gasteiger partial charge in [0, 0.05) is 67.6 Å². The third kappa shape index (κ3) is 2.01. The fourth-order valence-electron chi connectivity index (χ4n) is 5.61. The van der Waals surface area contributed by atoms with E-state index in [0.29, 0.717) is 75.4 Å². The standard InChI is InChI=1S/C26H12Cl2N2O4/c1-29-23(31)11-5-3-9-20-16(28)8-14-18-12(24(32)30(2)26(14)34)6-4-10(22(18)20)19-15(27)7-13(25(29)33)17(11)21(9)19/h3-8H,1-2H3. The molecule has 0 N–H and O–H groups in total. The number of carbonyl (C=O) groups excluding carboxylic acids is 4. The van der Waals surface area contributed by atoms with Crippen LogP contribution in [-0.4, -0.2) is 47.5 Å². The lowest BCUT2D eigenvalue weighted by Gasteiger charge is -2.28. The average molecular weight is 487 g/mol. The summed E-state index contributed by atoms with van der Waals surface area (Å²) in [6.07, 6.45) is 0. The second kappa shape index (κ2) is 6.03. The number of halogens is 2. The van der Waals surface area contributed by atoms with E-state index in [4.69, 9.17) is 23.2 Å². The van der Waals surface area contributed by atoms with Crippen LogP contribution in [0.15, 0.2) is 36.4 Å². The zero-order chi connectivity index (χ0) is 23.8. The second-order valence-electron chi connectivity index (χ2n) is 8.72. The number of hydrogen-bond acceptors (Lipinski definition) is 4. The minimum absolute atomic E-state index is 0.338. The Morgan fingerprint density at radius 3 is 1.24 bits per heavy atom. The lowest BCUT2D eigenvalue weighted by molar-refractivity contribution is 0.0635. The monoisotopic (exact) mass is 486 g/mol. The van der Waals surface area contributed by atoms with Crippen molar-refractivity contribution in [2.75, 3.05) is 14.1 Å². The quantitative estimate of drug-likeness (QED) is 0.164. The maximum atomic E-state index is 13.0. The van der Waals surface area contributed by atoms with E-state index in [9.17, 15) is 19.2 Å². The van der Waals surface area contributed by atoms with Gasteiger partial charge in [-0.25, -0.2) is 0 Å².